The number of aliphatic carboxylic acids is 1. The highest BCUT2D eigenvalue weighted by atomic mass is 19.1. The standard InChI is InChI=1S/C21H17FN2O2.C4H11NO3/c1-13-17(11-16-8-6-14-4-2-3-5-19(14)23-16)18-10-15(22)7-9-20(18)24(13)12-21(25)26;5-4(1-6,2-7)3-8/h2-10H,11-12H2,1H3,(H,25,26);6-8H,1-3,5H2. The van der Waals surface area contributed by atoms with Gasteiger partial charge in [0.25, 0.3) is 0 Å². The highest BCUT2D eigenvalue weighted by Gasteiger charge is 2.21. The number of aromatic nitrogens is 2. The third-order valence-electron chi connectivity index (χ3n) is 5.67. The van der Waals surface area contributed by atoms with Gasteiger partial charge in [-0.25, -0.2) is 4.39 Å². The second-order valence-electron chi connectivity index (χ2n) is 8.21. The van der Waals surface area contributed by atoms with Crippen molar-refractivity contribution in [2.75, 3.05) is 19.8 Å². The summed E-state index contributed by atoms with van der Waals surface area (Å²) in [5.41, 5.74) is 8.16. The monoisotopic (exact) mass is 469 g/mol. The van der Waals surface area contributed by atoms with Gasteiger partial charge in [0.2, 0.25) is 0 Å². The number of carboxylic acids is 1. The zero-order chi connectivity index (χ0) is 24.9. The molecular formula is C25H28FN3O5. The average Bonchev–Trinajstić information content (AvgIpc) is 3.08. The van der Waals surface area contributed by atoms with Crippen molar-refractivity contribution in [3.63, 3.8) is 0 Å². The lowest BCUT2D eigenvalue weighted by atomic mass is 10.0. The summed E-state index contributed by atoms with van der Waals surface area (Å²) in [5.74, 6) is -1.26. The van der Waals surface area contributed by atoms with Gasteiger partial charge in [-0.15, -0.1) is 0 Å². The molecule has 0 aliphatic carbocycles. The molecule has 4 rings (SSSR count). The molecule has 2 aromatic carbocycles. The summed E-state index contributed by atoms with van der Waals surface area (Å²) in [6, 6.07) is 16.3. The molecule has 8 nitrogen and oxygen atoms in total. The Kier molecular flexibility index (Phi) is 7.95. The van der Waals surface area contributed by atoms with Crippen LogP contribution < -0.4 is 5.73 Å². The smallest absolute Gasteiger partial charge is 0.323 e. The Balaban J connectivity index is 0.000000350. The van der Waals surface area contributed by atoms with Crippen LogP contribution in [-0.4, -0.2) is 61.3 Å². The Morgan fingerprint density at radius 2 is 1.74 bits per heavy atom. The fraction of sp³-hybridized carbons (Fsp3) is 0.280. The van der Waals surface area contributed by atoms with Gasteiger partial charge in [-0.1, -0.05) is 24.3 Å². The van der Waals surface area contributed by atoms with Gasteiger partial charge in [0.15, 0.2) is 0 Å². The van der Waals surface area contributed by atoms with E-state index in [0.29, 0.717) is 6.42 Å². The van der Waals surface area contributed by atoms with E-state index in [0.717, 1.165) is 38.8 Å². The van der Waals surface area contributed by atoms with Gasteiger partial charge in [0.05, 0.1) is 30.9 Å². The topological polar surface area (TPSA) is 142 Å². The van der Waals surface area contributed by atoms with Gasteiger partial charge in [0.1, 0.15) is 12.4 Å². The third-order valence-corrected chi connectivity index (χ3v) is 5.67. The van der Waals surface area contributed by atoms with Gasteiger partial charge in [-0.05, 0) is 42.8 Å². The molecule has 0 aliphatic rings. The van der Waals surface area contributed by atoms with E-state index in [1.54, 1.807) is 10.6 Å². The lowest BCUT2D eigenvalue weighted by molar-refractivity contribution is -0.137. The molecule has 9 heteroatoms. The Bertz CT molecular complexity index is 1290. The molecule has 180 valence electrons. The van der Waals surface area contributed by atoms with Crippen molar-refractivity contribution in [3.8, 4) is 0 Å². The number of aliphatic hydroxyl groups is 3. The number of carbonyl (C=O) groups is 1. The predicted octanol–water partition coefficient (Wildman–Crippen LogP) is 1.97. The molecule has 0 fully saturated rings. The Morgan fingerprint density at radius 1 is 1.06 bits per heavy atom. The minimum Gasteiger partial charge on any atom is -0.480 e. The molecule has 0 unspecified atom stereocenters. The molecule has 6 N–H and O–H groups in total. The van der Waals surface area contributed by atoms with E-state index >= 15 is 0 Å². The first-order valence-electron chi connectivity index (χ1n) is 10.7. The van der Waals surface area contributed by atoms with Crippen LogP contribution in [0.25, 0.3) is 21.8 Å². The van der Waals surface area contributed by atoms with E-state index in [9.17, 15) is 14.3 Å². The van der Waals surface area contributed by atoms with Crippen LogP contribution in [0, 0.1) is 12.7 Å². The van der Waals surface area contributed by atoms with Crippen molar-refractivity contribution in [2.24, 2.45) is 5.73 Å². The SMILES string of the molecule is Cc1c(Cc2ccc3ccccc3n2)c2cc(F)ccc2n1CC(=O)O.NC(CO)(CO)CO. The van der Waals surface area contributed by atoms with Crippen LogP contribution in [0.5, 0.6) is 0 Å². The van der Waals surface area contributed by atoms with Crippen LogP contribution >= 0.6 is 0 Å². The number of carboxylic acid groups (broad SMARTS) is 1. The van der Waals surface area contributed by atoms with Crippen LogP contribution in [0.1, 0.15) is 17.0 Å². The van der Waals surface area contributed by atoms with Crippen molar-refractivity contribution >= 4 is 27.8 Å². The molecule has 34 heavy (non-hydrogen) atoms. The molecule has 4 aromatic rings. The Labute approximate surface area is 195 Å². The molecular weight excluding hydrogens is 441 g/mol. The largest absolute Gasteiger partial charge is 0.480 e. The molecule has 0 saturated carbocycles. The fourth-order valence-corrected chi connectivity index (χ4v) is 3.62. The lowest BCUT2D eigenvalue weighted by Crippen LogP contribution is -2.50. The highest BCUT2D eigenvalue weighted by molar-refractivity contribution is 5.87. The number of fused-ring (bicyclic) bond motifs is 2. The molecule has 2 aromatic heterocycles. The second-order valence-corrected chi connectivity index (χ2v) is 8.21. The van der Waals surface area contributed by atoms with E-state index in [1.165, 1.54) is 12.1 Å². The van der Waals surface area contributed by atoms with Crippen LogP contribution in [0.2, 0.25) is 0 Å². The maximum absolute atomic E-state index is 13.8. The number of halogens is 1. The lowest BCUT2D eigenvalue weighted by Gasteiger charge is -2.20. The number of rotatable bonds is 7. The van der Waals surface area contributed by atoms with Crippen LogP contribution in [0.15, 0.2) is 54.6 Å². The van der Waals surface area contributed by atoms with Gasteiger partial charge in [0, 0.05) is 34.1 Å². The number of nitrogens with two attached hydrogens (primary N) is 1. The van der Waals surface area contributed by atoms with E-state index in [-0.39, 0.29) is 12.4 Å². The number of nitrogens with zero attached hydrogens (tertiary/aromatic N) is 2. The van der Waals surface area contributed by atoms with Crippen molar-refractivity contribution in [1.82, 2.24) is 9.55 Å². The predicted molar refractivity (Wildman–Crippen MR) is 127 cm³/mol. The summed E-state index contributed by atoms with van der Waals surface area (Å²) >= 11 is 0. The van der Waals surface area contributed by atoms with E-state index in [4.69, 9.17) is 26.0 Å². The van der Waals surface area contributed by atoms with Gasteiger partial charge < -0.3 is 30.7 Å². The molecule has 0 saturated heterocycles. The maximum atomic E-state index is 13.8. The van der Waals surface area contributed by atoms with Gasteiger partial charge in [-0.2, -0.15) is 0 Å². The summed E-state index contributed by atoms with van der Waals surface area (Å²) in [4.78, 5) is 15.9. The normalized spacial score (nSPS) is 11.5. The number of para-hydroxylation sites is 1. The maximum Gasteiger partial charge on any atom is 0.323 e. The summed E-state index contributed by atoms with van der Waals surface area (Å²) < 4.78 is 15.5. The van der Waals surface area contributed by atoms with Crippen LogP contribution in [0.3, 0.4) is 0 Å². The number of hydrogen-bond acceptors (Lipinski definition) is 6. The second kappa shape index (κ2) is 10.7. The zero-order valence-corrected chi connectivity index (χ0v) is 18.8. The summed E-state index contributed by atoms with van der Waals surface area (Å²) in [5, 5.41) is 36.0. The van der Waals surface area contributed by atoms with Crippen molar-refractivity contribution < 1.29 is 29.6 Å². The first-order chi connectivity index (χ1) is 16.2. The molecule has 0 aliphatic heterocycles. The quantitative estimate of drug-likeness (QED) is 0.279. The van der Waals surface area contributed by atoms with E-state index in [2.05, 4.69) is 0 Å². The molecule has 0 radical (unpaired) electrons. The average molecular weight is 470 g/mol. The first-order valence-corrected chi connectivity index (χ1v) is 10.7. The van der Waals surface area contributed by atoms with Crippen molar-refractivity contribution in [3.05, 3.63) is 77.4 Å². The molecule has 0 amide bonds. The molecule has 0 bridgehead atoms. The highest BCUT2D eigenvalue weighted by Crippen LogP contribution is 2.29. The molecule has 0 spiro atoms. The van der Waals surface area contributed by atoms with E-state index in [1.807, 2.05) is 43.3 Å². The van der Waals surface area contributed by atoms with Crippen LogP contribution in [0.4, 0.5) is 4.39 Å². The first kappa shape index (κ1) is 25.3. The fourth-order valence-electron chi connectivity index (χ4n) is 3.62. The Hall–Kier alpha value is -3.37. The van der Waals surface area contributed by atoms with E-state index < -0.39 is 31.3 Å². The van der Waals surface area contributed by atoms with Crippen LogP contribution in [-0.2, 0) is 17.8 Å². The summed E-state index contributed by atoms with van der Waals surface area (Å²) in [6.07, 6.45) is 0.517. The van der Waals surface area contributed by atoms with Gasteiger partial charge >= 0.3 is 5.97 Å². The Morgan fingerprint density at radius 3 is 2.35 bits per heavy atom. The minimum absolute atomic E-state index is 0.154. The number of aliphatic hydroxyl groups excluding tert-OH is 3. The summed E-state index contributed by atoms with van der Waals surface area (Å²) in [6.45, 7) is 0.510. The van der Waals surface area contributed by atoms with Gasteiger partial charge in [-0.3, -0.25) is 9.78 Å². The minimum atomic E-state index is -1.21. The zero-order valence-electron chi connectivity index (χ0n) is 18.8. The van der Waals surface area contributed by atoms with Crippen molar-refractivity contribution in [1.29, 1.82) is 0 Å². The number of benzene rings is 2. The van der Waals surface area contributed by atoms with Crippen molar-refractivity contribution in [2.45, 2.75) is 25.4 Å². The number of hydrogen-bond donors (Lipinski definition) is 5. The third kappa shape index (κ3) is 5.57. The number of pyridine rings is 1. The molecule has 0 atom stereocenters. The molecule has 2 heterocycles. The summed E-state index contributed by atoms with van der Waals surface area (Å²) in [7, 11) is 0.